The summed E-state index contributed by atoms with van der Waals surface area (Å²) in [6.07, 6.45) is 5.20. The van der Waals surface area contributed by atoms with Gasteiger partial charge in [0, 0.05) is 30.5 Å². The fourth-order valence-corrected chi connectivity index (χ4v) is 3.68. The maximum Gasteiger partial charge on any atom is 0.321 e. The summed E-state index contributed by atoms with van der Waals surface area (Å²) in [5, 5.41) is 2.82. The van der Waals surface area contributed by atoms with Crippen molar-refractivity contribution in [1.82, 2.24) is 24.3 Å². The van der Waals surface area contributed by atoms with Crippen molar-refractivity contribution in [2.75, 3.05) is 18.4 Å². The van der Waals surface area contributed by atoms with Gasteiger partial charge >= 0.3 is 6.03 Å². The quantitative estimate of drug-likeness (QED) is 0.450. The van der Waals surface area contributed by atoms with Gasteiger partial charge in [-0.15, -0.1) is 12.4 Å². The number of fused-ring (bicyclic) bond motifs is 1. The summed E-state index contributed by atoms with van der Waals surface area (Å²) in [7, 11) is 0. The number of imidazole rings is 1. The molecular weight excluding hydrogens is 438 g/mol. The van der Waals surface area contributed by atoms with Crippen molar-refractivity contribution in [3.8, 4) is 22.6 Å². The van der Waals surface area contributed by atoms with Gasteiger partial charge in [-0.25, -0.2) is 24.1 Å². The molecule has 0 unspecified atom stereocenters. The van der Waals surface area contributed by atoms with Gasteiger partial charge in [-0.05, 0) is 49.2 Å². The van der Waals surface area contributed by atoms with E-state index in [4.69, 9.17) is 0 Å². The van der Waals surface area contributed by atoms with Crippen LogP contribution in [0.15, 0.2) is 54.9 Å². The predicted octanol–water partition coefficient (Wildman–Crippen LogP) is 4.79. The number of benzene rings is 1. The van der Waals surface area contributed by atoms with Crippen molar-refractivity contribution in [2.24, 2.45) is 0 Å². The van der Waals surface area contributed by atoms with Crippen LogP contribution in [0.3, 0.4) is 0 Å². The standard InChI is InChI=1S/C22H18F2N6O.ClH/c23-16-7-6-14(26-22(31)29-9-1-2-10-29)12-15(16)17-8-11-30-19(13-25-21(30)28-17)18-4-3-5-20(24)27-18;/h3-8,11-13H,1-2,9-10H2,(H,26,31);1H. The number of rotatable bonds is 3. The fourth-order valence-electron chi connectivity index (χ4n) is 3.68. The minimum atomic E-state index is -0.591. The Bertz CT molecular complexity index is 1290. The summed E-state index contributed by atoms with van der Waals surface area (Å²) < 4.78 is 29.7. The maximum absolute atomic E-state index is 14.6. The van der Waals surface area contributed by atoms with E-state index in [1.165, 1.54) is 24.4 Å². The topological polar surface area (TPSA) is 75.4 Å². The third-order valence-electron chi connectivity index (χ3n) is 5.24. The molecule has 164 valence electrons. The van der Waals surface area contributed by atoms with E-state index in [2.05, 4.69) is 20.3 Å². The number of urea groups is 1. The van der Waals surface area contributed by atoms with Crippen LogP contribution in [0.25, 0.3) is 28.4 Å². The Kier molecular flexibility index (Phi) is 6.00. The van der Waals surface area contributed by atoms with Crippen LogP contribution in [0.5, 0.6) is 0 Å². The first kappa shape index (κ1) is 21.6. The second kappa shape index (κ2) is 8.88. The number of pyridine rings is 1. The Morgan fingerprint density at radius 3 is 2.59 bits per heavy atom. The lowest BCUT2D eigenvalue weighted by atomic mass is 10.1. The average molecular weight is 457 g/mol. The Morgan fingerprint density at radius 1 is 1.00 bits per heavy atom. The highest BCUT2D eigenvalue weighted by atomic mass is 35.5. The number of carbonyl (C=O) groups excluding carboxylic acids is 1. The molecule has 1 aliphatic heterocycles. The van der Waals surface area contributed by atoms with Crippen molar-refractivity contribution in [2.45, 2.75) is 12.8 Å². The zero-order chi connectivity index (χ0) is 21.4. The highest BCUT2D eigenvalue weighted by Crippen LogP contribution is 2.27. The molecule has 0 spiro atoms. The van der Waals surface area contributed by atoms with Gasteiger partial charge < -0.3 is 10.2 Å². The predicted molar refractivity (Wildman–Crippen MR) is 119 cm³/mol. The van der Waals surface area contributed by atoms with Crippen LogP contribution in [0.2, 0.25) is 0 Å². The molecule has 10 heteroatoms. The molecule has 32 heavy (non-hydrogen) atoms. The molecule has 1 aliphatic rings. The molecule has 1 saturated heterocycles. The smallest absolute Gasteiger partial charge is 0.321 e. The molecule has 5 rings (SSSR count). The van der Waals surface area contributed by atoms with Crippen LogP contribution < -0.4 is 5.32 Å². The van der Waals surface area contributed by atoms with E-state index in [9.17, 15) is 13.6 Å². The highest BCUT2D eigenvalue weighted by Gasteiger charge is 2.19. The number of nitrogens with one attached hydrogen (secondary N) is 1. The monoisotopic (exact) mass is 456 g/mol. The van der Waals surface area contributed by atoms with E-state index in [1.807, 2.05) is 0 Å². The van der Waals surface area contributed by atoms with Gasteiger partial charge in [0.05, 0.1) is 23.3 Å². The van der Waals surface area contributed by atoms with Crippen LogP contribution >= 0.6 is 12.4 Å². The van der Waals surface area contributed by atoms with E-state index in [-0.39, 0.29) is 24.0 Å². The molecule has 1 N–H and O–H groups in total. The maximum atomic E-state index is 14.6. The molecule has 4 heterocycles. The van der Waals surface area contributed by atoms with Crippen molar-refractivity contribution in [3.63, 3.8) is 0 Å². The molecule has 7 nitrogen and oxygen atoms in total. The van der Waals surface area contributed by atoms with Crippen molar-refractivity contribution in [1.29, 1.82) is 0 Å². The number of anilines is 1. The SMILES string of the molecule is Cl.O=C(Nc1ccc(F)c(-c2ccn3c(-c4cccc(F)n4)cnc3n2)c1)N1CCCC1. The summed E-state index contributed by atoms with van der Waals surface area (Å²) in [6, 6.07) is 10.3. The lowest BCUT2D eigenvalue weighted by Crippen LogP contribution is -2.32. The molecule has 3 aromatic heterocycles. The first-order chi connectivity index (χ1) is 15.1. The summed E-state index contributed by atoms with van der Waals surface area (Å²) in [6.45, 7) is 1.45. The normalized spacial score (nSPS) is 13.2. The summed E-state index contributed by atoms with van der Waals surface area (Å²) in [5.74, 6) is -0.731. The van der Waals surface area contributed by atoms with E-state index in [0.29, 0.717) is 28.5 Å². The summed E-state index contributed by atoms with van der Waals surface area (Å²) in [4.78, 5) is 26.6. The van der Waals surface area contributed by atoms with E-state index in [1.54, 1.807) is 39.8 Å². The van der Waals surface area contributed by atoms with E-state index < -0.39 is 11.8 Å². The Morgan fingerprint density at radius 2 is 1.81 bits per heavy atom. The molecule has 4 aromatic rings. The summed E-state index contributed by atoms with van der Waals surface area (Å²) in [5.41, 5.74) is 2.09. The second-order valence-electron chi connectivity index (χ2n) is 7.29. The molecule has 1 fully saturated rings. The number of carbonyl (C=O) groups is 1. The Balaban J connectivity index is 0.00000245. The van der Waals surface area contributed by atoms with Gasteiger partial charge in [0.25, 0.3) is 0 Å². The van der Waals surface area contributed by atoms with E-state index in [0.717, 1.165) is 25.9 Å². The second-order valence-corrected chi connectivity index (χ2v) is 7.29. The number of halogens is 3. The molecular formula is C22H19ClF2N6O. The lowest BCUT2D eigenvalue weighted by Gasteiger charge is -2.16. The van der Waals surface area contributed by atoms with Crippen LogP contribution in [-0.4, -0.2) is 43.4 Å². The number of amides is 2. The van der Waals surface area contributed by atoms with Crippen molar-refractivity contribution < 1.29 is 13.6 Å². The van der Waals surface area contributed by atoms with Gasteiger partial charge in [-0.3, -0.25) is 4.40 Å². The molecule has 1 aromatic carbocycles. The summed E-state index contributed by atoms with van der Waals surface area (Å²) >= 11 is 0. The lowest BCUT2D eigenvalue weighted by molar-refractivity contribution is 0.222. The minimum Gasteiger partial charge on any atom is -0.325 e. The third kappa shape index (κ3) is 4.11. The van der Waals surface area contributed by atoms with E-state index >= 15 is 0 Å². The molecule has 0 radical (unpaired) electrons. The number of hydrogen-bond acceptors (Lipinski definition) is 4. The molecule has 0 bridgehead atoms. The molecule has 0 aliphatic carbocycles. The fraction of sp³-hybridized carbons (Fsp3) is 0.182. The Labute approximate surface area is 188 Å². The first-order valence-corrected chi connectivity index (χ1v) is 9.91. The average Bonchev–Trinajstić information content (AvgIpc) is 3.45. The minimum absolute atomic E-state index is 0. The third-order valence-corrected chi connectivity index (χ3v) is 5.24. The molecule has 2 amide bonds. The zero-order valence-corrected chi connectivity index (χ0v) is 17.6. The number of nitrogens with zero attached hydrogens (tertiary/aromatic N) is 5. The van der Waals surface area contributed by atoms with Crippen molar-refractivity contribution in [3.05, 3.63) is 66.6 Å². The van der Waals surface area contributed by atoms with Crippen LogP contribution in [0.1, 0.15) is 12.8 Å². The largest absolute Gasteiger partial charge is 0.325 e. The van der Waals surface area contributed by atoms with Gasteiger partial charge in [0.2, 0.25) is 11.7 Å². The van der Waals surface area contributed by atoms with Crippen LogP contribution in [-0.2, 0) is 0 Å². The zero-order valence-electron chi connectivity index (χ0n) is 16.8. The van der Waals surface area contributed by atoms with Gasteiger partial charge in [0.1, 0.15) is 5.82 Å². The first-order valence-electron chi connectivity index (χ1n) is 9.91. The highest BCUT2D eigenvalue weighted by molar-refractivity contribution is 5.90. The van der Waals surface area contributed by atoms with Crippen LogP contribution in [0.4, 0.5) is 19.3 Å². The van der Waals surface area contributed by atoms with Gasteiger partial charge in [0.15, 0.2) is 0 Å². The number of hydrogen-bond donors (Lipinski definition) is 1. The van der Waals surface area contributed by atoms with Crippen LogP contribution in [0, 0.1) is 11.8 Å². The molecule has 0 atom stereocenters. The number of aromatic nitrogens is 4. The van der Waals surface area contributed by atoms with Crippen molar-refractivity contribution >= 4 is 29.9 Å². The van der Waals surface area contributed by atoms with Gasteiger partial charge in [-0.2, -0.15) is 4.39 Å². The van der Waals surface area contributed by atoms with Gasteiger partial charge in [-0.1, -0.05) is 6.07 Å². The Hall–Kier alpha value is -3.59. The number of likely N-dealkylation sites (tertiary alicyclic amines) is 1. The molecule has 0 saturated carbocycles.